The second-order valence-electron chi connectivity index (χ2n) is 3.27. The van der Waals surface area contributed by atoms with E-state index in [0.717, 1.165) is 0 Å². The molecule has 1 aromatic heterocycles. The first kappa shape index (κ1) is 12.5. The normalized spacial score (nSPS) is 11.4. The maximum atomic E-state index is 11.8. The van der Waals surface area contributed by atoms with Crippen molar-refractivity contribution in [3.05, 3.63) is 22.7 Å². The Kier molecular flexibility index (Phi) is 4.33. The molecule has 1 heterocycles. The van der Waals surface area contributed by atoms with Crippen LogP contribution in [-0.4, -0.2) is 22.7 Å². The molecule has 1 rings (SSSR count). The molecule has 7 heteroatoms. The van der Waals surface area contributed by atoms with Crippen LogP contribution in [0.1, 0.15) is 19.3 Å². The van der Waals surface area contributed by atoms with Gasteiger partial charge >= 0.3 is 6.18 Å². The first-order chi connectivity index (χ1) is 7.49. The van der Waals surface area contributed by atoms with Gasteiger partial charge in [-0.3, -0.25) is 4.79 Å². The zero-order valence-corrected chi connectivity index (χ0v) is 8.47. The maximum Gasteiger partial charge on any atom is 0.389 e. The third-order valence-electron chi connectivity index (χ3n) is 1.89. The second kappa shape index (κ2) is 5.53. The molecule has 0 saturated carbocycles. The molecule has 0 aliphatic carbocycles. The van der Waals surface area contributed by atoms with E-state index >= 15 is 0 Å². The van der Waals surface area contributed by atoms with Gasteiger partial charge in [-0.05, 0) is 12.8 Å². The summed E-state index contributed by atoms with van der Waals surface area (Å²) in [5.74, 6) is 0.134. The summed E-state index contributed by atoms with van der Waals surface area (Å²) in [6.45, 7) is 0.302. The number of alkyl halides is 3. The van der Waals surface area contributed by atoms with Crippen molar-refractivity contribution >= 4 is 5.82 Å². The Morgan fingerprint density at radius 2 is 2.12 bits per heavy atom. The minimum absolute atomic E-state index is 0.0429. The molecule has 0 amide bonds. The molecule has 0 atom stereocenters. The number of H-pyrrole nitrogens is 1. The molecule has 90 valence electrons. The third kappa shape index (κ3) is 4.81. The van der Waals surface area contributed by atoms with Crippen LogP contribution in [0.2, 0.25) is 0 Å². The lowest BCUT2D eigenvalue weighted by Crippen LogP contribution is -2.16. The van der Waals surface area contributed by atoms with Crippen LogP contribution in [0.4, 0.5) is 19.0 Å². The summed E-state index contributed by atoms with van der Waals surface area (Å²) in [7, 11) is 0. The number of rotatable bonds is 5. The summed E-state index contributed by atoms with van der Waals surface area (Å²) >= 11 is 0. The smallest absolute Gasteiger partial charge is 0.365 e. The first-order valence-corrected chi connectivity index (χ1v) is 4.83. The summed E-state index contributed by atoms with van der Waals surface area (Å²) < 4.78 is 35.3. The standard InChI is InChI=1S/C9H12F3N3O/c10-9(11,12)3-1-2-4-13-7-8(16)15-6-5-14-7/h5-6H,1-4H2,(H,13,14)(H,15,16). The molecule has 0 aliphatic rings. The molecule has 0 aliphatic heterocycles. The SMILES string of the molecule is O=c1[nH]ccnc1NCCCCC(F)(F)F. The van der Waals surface area contributed by atoms with Crippen LogP contribution in [-0.2, 0) is 0 Å². The van der Waals surface area contributed by atoms with Gasteiger partial charge < -0.3 is 10.3 Å². The van der Waals surface area contributed by atoms with E-state index < -0.39 is 12.6 Å². The van der Waals surface area contributed by atoms with Gasteiger partial charge in [0.05, 0.1) is 0 Å². The zero-order chi connectivity index (χ0) is 12.0. The van der Waals surface area contributed by atoms with Crippen LogP contribution in [0.25, 0.3) is 0 Å². The quantitative estimate of drug-likeness (QED) is 0.766. The highest BCUT2D eigenvalue weighted by Crippen LogP contribution is 2.21. The second-order valence-corrected chi connectivity index (χ2v) is 3.27. The van der Waals surface area contributed by atoms with Crippen molar-refractivity contribution < 1.29 is 13.2 Å². The molecule has 0 bridgehead atoms. The number of unbranched alkanes of at least 4 members (excludes halogenated alkanes) is 1. The summed E-state index contributed by atoms with van der Waals surface area (Å²) in [5.41, 5.74) is -0.377. The number of hydrogen-bond acceptors (Lipinski definition) is 3. The van der Waals surface area contributed by atoms with Gasteiger partial charge in [0.2, 0.25) is 0 Å². The summed E-state index contributed by atoms with van der Waals surface area (Å²) in [6, 6.07) is 0. The lowest BCUT2D eigenvalue weighted by molar-refractivity contribution is -0.135. The van der Waals surface area contributed by atoms with Crippen LogP contribution in [0.15, 0.2) is 17.2 Å². The fraction of sp³-hybridized carbons (Fsp3) is 0.556. The molecule has 0 radical (unpaired) electrons. The van der Waals surface area contributed by atoms with Gasteiger partial charge in [-0.2, -0.15) is 13.2 Å². The minimum Gasteiger partial charge on any atom is -0.365 e. The summed E-state index contributed by atoms with van der Waals surface area (Å²) in [6.07, 6.45) is -1.73. The summed E-state index contributed by atoms with van der Waals surface area (Å²) in [5, 5.41) is 2.68. The van der Waals surface area contributed by atoms with E-state index in [1.807, 2.05) is 0 Å². The largest absolute Gasteiger partial charge is 0.389 e. The average Bonchev–Trinajstić information content (AvgIpc) is 2.18. The van der Waals surface area contributed by atoms with E-state index in [2.05, 4.69) is 15.3 Å². The van der Waals surface area contributed by atoms with Crippen LogP contribution in [0.5, 0.6) is 0 Å². The van der Waals surface area contributed by atoms with E-state index in [-0.39, 0.29) is 17.8 Å². The van der Waals surface area contributed by atoms with Gasteiger partial charge in [0.15, 0.2) is 5.82 Å². The molecule has 16 heavy (non-hydrogen) atoms. The summed E-state index contributed by atoms with van der Waals surface area (Å²) in [4.78, 5) is 17.2. The van der Waals surface area contributed by atoms with Crippen LogP contribution in [0.3, 0.4) is 0 Å². The lowest BCUT2D eigenvalue weighted by atomic mass is 10.2. The molecule has 4 nitrogen and oxygen atoms in total. The van der Waals surface area contributed by atoms with Crippen molar-refractivity contribution in [2.24, 2.45) is 0 Å². The van der Waals surface area contributed by atoms with E-state index in [9.17, 15) is 18.0 Å². The topological polar surface area (TPSA) is 57.8 Å². The van der Waals surface area contributed by atoms with Crippen molar-refractivity contribution in [2.45, 2.75) is 25.4 Å². The average molecular weight is 235 g/mol. The van der Waals surface area contributed by atoms with E-state index in [0.29, 0.717) is 13.0 Å². The zero-order valence-electron chi connectivity index (χ0n) is 8.47. The van der Waals surface area contributed by atoms with E-state index in [1.54, 1.807) is 0 Å². The van der Waals surface area contributed by atoms with Crippen molar-refractivity contribution in [1.29, 1.82) is 0 Å². The lowest BCUT2D eigenvalue weighted by Gasteiger charge is -2.06. The van der Waals surface area contributed by atoms with Gasteiger partial charge in [-0.1, -0.05) is 0 Å². The van der Waals surface area contributed by atoms with Gasteiger partial charge in [0.1, 0.15) is 0 Å². The highest BCUT2D eigenvalue weighted by atomic mass is 19.4. The number of aromatic amines is 1. The van der Waals surface area contributed by atoms with Crippen LogP contribution >= 0.6 is 0 Å². The Labute approximate surface area is 89.9 Å². The highest BCUT2D eigenvalue weighted by molar-refractivity contribution is 5.29. The molecule has 0 aromatic carbocycles. The van der Waals surface area contributed by atoms with Crippen molar-refractivity contribution in [3.8, 4) is 0 Å². The third-order valence-corrected chi connectivity index (χ3v) is 1.89. The predicted molar refractivity (Wildman–Crippen MR) is 53.3 cm³/mol. The number of halogens is 3. The molecule has 0 spiro atoms. The Morgan fingerprint density at radius 3 is 2.75 bits per heavy atom. The maximum absolute atomic E-state index is 11.8. The fourth-order valence-electron chi connectivity index (χ4n) is 1.13. The molecule has 1 aromatic rings. The molecular weight excluding hydrogens is 223 g/mol. The van der Waals surface area contributed by atoms with Crippen molar-refractivity contribution in [1.82, 2.24) is 9.97 Å². The van der Waals surface area contributed by atoms with Crippen molar-refractivity contribution in [2.75, 3.05) is 11.9 Å². The Morgan fingerprint density at radius 1 is 1.38 bits per heavy atom. The predicted octanol–water partition coefficient (Wildman–Crippen LogP) is 1.91. The number of nitrogens with zero attached hydrogens (tertiary/aromatic N) is 1. The fourth-order valence-corrected chi connectivity index (χ4v) is 1.13. The number of hydrogen-bond donors (Lipinski definition) is 2. The van der Waals surface area contributed by atoms with Crippen LogP contribution < -0.4 is 10.9 Å². The molecule has 0 unspecified atom stereocenters. The highest BCUT2D eigenvalue weighted by Gasteiger charge is 2.25. The number of nitrogens with one attached hydrogen (secondary N) is 2. The van der Waals surface area contributed by atoms with Gasteiger partial charge in [-0.15, -0.1) is 0 Å². The monoisotopic (exact) mass is 235 g/mol. The van der Waals surface area contributed by atoms with Gasteiger partial charge in [0.25, 0.3) is 5.56 Å². The van der Waals surface area contributed by atoms with Gasteiger partial charge in [-0.25, -0.2) is 4.98 Å². The Balaban J connectivity index is 2.22. The van der Waals surface area contributed by atoms with E-state index in [4.69, 9.17) is 0 Å². The number of anilines is 1. The van der Waals surface area contributed by atoms with Gasteiger partial charge in [0, 0.05) is 25.4 Å². The van der Waals surface area contributed by atoms with Crippen LogP contribution in [0, 0.1) is 0 Å². The number of aromatic nitrogens is 2. The molecule has 0 fully saturated rings. The first-order valence-electron chi connectivity index (χ1n) is 4.83. The Hall–Kier alpha value is -1.53. The molecular formula is C9H12F3N3O. The Bertz CT molecular complexity index is 375. The molecule has 2 N–H and O–H groups in total. The van der Waals surface area contributed by atoms with E-state index in [1.165, 1.54) is 12.4 Å². The van der Waals surface area contributed by atoms with Crippen molar-refractivity contribution in [3.63, 3.8) is 0 Å². The minimum atomic E-state index is -4.11. The molecule has 0 saturated heterocycles.